The third-order valence-electron chi connectivity index (χ3n) is 4.72. The van der Waals surface area contributed by atoms with Crippen molar-refractivity contribution in [3.8, 4) is 0 Å². The monoisotopic (exact) mass is 282 g/mol. The Balaban J connectivity index is 2.12. The second-order valence-corrected chi connectivity index (χ2v) is 6.89. The first-order valence-corrected chi connectivity index (χ1v) is 8.66. The molecular weight excluding hydrogens is 248 g/mol. The van der Waals surface area contributed by atoms with Crippen LogP contribution < -0.4 is 0 Å². The summed E-state index contributed by atoms with van der Waals surface area (Å²) in [6, 6.07) is 0. The fourth-order valence-corrected chi connectivity index (χ4v) is 3.47. The van der Waals surface area contributed by atoms with Gasteiger partial charge in [-0.15, -0.1) is 0 Å². The van der Waals surface area contributed by atoms with E-state index in [0.717, 1.165) is 38.2 Å². The van der Waals surface area contributed by atoms with Gasteiger partial charge in [0.05, 0.1) is 0 Å². The number of rotatable bonds is 11. The van der Waals surface area contributed by atoms with Crippen LogP contribution >= 0.6 is 0 Å². The van der Waals surface area contributed by atoms with E-state index in [1.54, 1.807) is 7.11 Å². The number of ketones is 1. The van der Waals surface area contributed by atoms with Crippen LogP contribution in [0.25, 0.3) is 0 Å². The smallest absolute Gasteiger partial charge is 0.136 e. The number of methoxy groups -OCH3 is 1. The minimum Gasteiger partial charge on any atom is -0.385 e. The predicted molar refractivity (Wildman–Crippen MR) is 84.9 cm³/mol. The zero-order valence-corrected chi connectivity index (χ0v) is 13.8. The van der Waals surface area contributed by atoms with Gasteiger partial charge < -0.3 is 4.74 Å². The molecule has 0 heterocycles. The molecule has 2 atom stereocenters. The summed E-state index contributed by atoms with van der Waals surface area (Å²) < 4.78 is 5.17. The van der Waals surface area contributed by atoms with Crippen molar-refractivity contribution in [3.63, 3.8) is 0 Å². The van der Waals surface area contributed by atoms with Crippen LogP contribution in [-0.2, 0) is 9.53 Å². The number of carbonyl (C=O) groups is 1. The lowest BCUT2D eigenvalue weighted by Gasteiger charge is -2.18. The summed E-state index contributed by atoms with van der Waals surface area (Å²) in [5.74, 6) is 2.30. The van der Waals surface area contributed by atoms with Gasteiger partial charge in [0.15, 0.2) is 0 Å². The van der Waals surface area contributed by atoms with Gasteiger partial charge in [0.1, 0.15) is 5.78 Å². The molecule has 0 aromatic carbocycles. The molecule has 1 saturated carbocycles. The Labute approximate surface area is 125 Å². The van der Waals surface area contributed by atoms with Gasteiger partial charge in [-0.1, -0.05) is 46.0 Å². The number of Topliss-reactive ketones (excluding diaryl/α,β-unsaturated/α-hetero) is 1. The zero-order valence-electron chi connectivity index (χ0n) is 13.8. The molecule has 0 spiro atoms. The maximum absolute atomic E-state index is 12.3. The first kappa shape index (κ1) is 17.7. The molecule has 0 radical (unpaired) electrons. The van der Waals surface area contributed by atoms with Gasteiger partial charge in [0.25, 0.3) is 0 Å². The van der Waals surface area contributed by atoms with E-state index in [2.05, 4.69) is 13.8 Å². The van der Waals surface area contributed by atoms with Crippen molar-refractivity contribution in [2.75, 3.05) is 13.7 Å². The molecule has 1 aliphatic rings. The molecule has 0 N–H and O–H groups in total. The first-order chi connectivity index (χ1) is 9.65. The molecule has 2 unspecified atom stereocenters. The summed E-state index contributed by atoms with van der Waals surface area (Å²) in [7, 11) is 1.75. The van der Waals surface area contributed by atoms with Crippen molar-refractivity contribution in [2.45, 2.75) is 78.1 Å². The Morgan fingerprint density at radius 2 is 1.90 bits per heavy atom. The van der Waals surface area contributed by atoms with Gasteiger partial charge in [0.2, 0.25) is 0 Å². The molecule has 20 heavy (non-hydrogen) atoms. The van der Waals surface area contributed by atoms with Gasteiger partial charge in [-0.25, -0.2) is 0 Å². The average Bonchev–Trinajstić information content (AvgIpc) is 2.88. The van der Waals surface area contributed by atoms with E-state index in [-0.39, 0.29) is 0 Å². The van der Waals surface area contributed by atoms with Crippen molar-refractivity contribution < 1.29 is 9.53 Å². The fourth-order valence-electron chi connectivity index (χ4n) is 3.47. The maximum Gasteiger partial charge on any atom is 0.136 e. The Bertz CT molecular complexity index is 260. The Hall–Kier alpha value is -0.370. The Kier molecular flexibility index (Phi) is 9.17. The predicted octanol–water partition coefficient (Wildman–Crippen LogP) is 5.00. The standard InChI is InChI=1S/C18H34O2/c1-15(2)9-6-4-5-7-12-18(19)17-11-8-10-16(17)13-14-20-3/h15-17H,4-14H2,1-3H3. The highest BCUT2D eigenvalue weighted by molar-refractivity contribution is 5.81. The largest absolute Gasteiger partial charge is 0.385 e. The quantitative estimate of drug-likeness (QED) is 0.498. The first-order valence-electron chi connectivity index (χ1n) is 8.66. The minimum absolute atomic E-state index is 0.348. The zero-order chi connectivity index (χ0) is 14.8. The summed E-state index contributed by atoms with van der Waals surface area (Å²) in [5, 5.41) is 0. The molecule has 0 saturated heterocycles. The highest BCUT2D eigenvalue weighted by atomic mass is 16.5. The van der Waals surface area contributed by atoms with Gasteiger partial charge in [-0.2, -0.15) is 0 Å². The maximum atomic E-state index is 12.3. The van der Waals surface area contributed by atoms with Crippen LogP contribution in [0.1, 0.15) is 78.1 Å². The number of hydrogen-bond donors (Lipinski definition) is 0. The Morgan fingerprint density at radius 1 is 1.15 bits per heavy atom. The lowest BCUT2D eigenvalue weighted by atomic mass is 9.87. The molecule has 0 aromatic heterocycles. The van der Waals surface area contributed by atoms with Gasteiger partial charge in [-0.05, 0) is 37.5 Å². The summed E-state index contributed by atoms with van der Waals surface area (Å²) >= 11 is 0. The molecule has 1 aliphatic carbocycles. The molecule has 2 heteroatoms. The Morgan fingerprint density at radius 3 is 2.60 bits per heavy atom. The third kappa shape index (κ3) is 6.88. The molecule has 118 valence electrons. The van der Waals surface area contributed by atoms with Crippen molar-refractivity contribution >= 4 is 5.78 Å². The molecule has 1 rings (SSSR count). The van der Waals surface area contributed by atoms with Crippen LogP contribution in [0.2, 0.25) is 0 Å². The second-order valence-electron chi connectivity index (χ2n) is 6.89. The minimum atomic E-state index is 0.348. The average molecular weight is 282 g/mol. The van der Waals surface area contributed by atoms with Crippen LogP contribution in [0.3, 0.4) is 0 Å². The fraction of sp³-hybridized carbons (Fsp3) is 0.944. The second kappa shape index (κ2) is 10.4. The summed E-state index contributed by atoms with van der Waals surface area (Å²) in [5.41, 5.74) is 0. The molecule has 0 amide bonds. The van der Waals surface area contributed by atoms with Gasteiger partial charge in [-0.3, -0.25) is 4.79 Å². The number of carbonyl (C=O) groups excluding carboxylic acids is 1. The highest BCUT2D eigenvalue weighted by Crippen LogP contribution is 2.35. The lowest BCUT2D eigenvalue weighted by Crippen LogP contribution is -2.20. The summed E-state index contributed by atoms with van der Waals surface area (Å²) in [4.78, 5) is 12.3. The number of unbranched alkanes of at least 4 members (excludes halogenated alkanes) is 3. The van der Waals surface area contributed by atoms with E-state index in [4.69, 9.17) is 4.74 Å². The van der Waals surface area contributed by atoms with Crippen molar-refractivity contribution in [1.29, 1.82) is 0 Å². The van der Waals surface area contributed by atoms with E-state index < -0.39 is 0 Å². The van der Waals surface area contributed by atoms with Crippen molar-refractivity contribution in [2.24, 2.45) is 17.8 Å². The molecule has 0 aromatic rings. The van der Waals surface area contributed by atoms with Gasteiger partial charge in [0, 0.05) is 26.1 Å². The van der Waals surface area contributed by atoms with Crippen LogP contribution in [0.4, 0.5) is 0 Å². The van der Waals surface area contributed by atoms with Crippen LogP contribution in [0, 0.1) is 17.8 Å². The molecule has 0 bridgehead atoms. The lowest BCUT2D eigenvalue weighted by molar-refractivity contribution is -0.124. The van der Waals surface area contributed by atoms with E-state index in [0.29, 0.717) is 17.6 Å². The van der Waals surface area contributed by atoms with Crippen LogP contribution in [0.5, 0.6) is 0 Å². The molecule has 0 aliphatic heterocycles. The van der Waals surface area contributed by atoms with Crippen LogP contribution in [0.15, 0.2) is 0 Å². The number of hydrogen-bond acceptors (Lipinski definition) is 2. The van der Waals surface area contributed by atoms with E-state index in [9.17, 15) is 4.79 Å². The van der Waals surface area contributed by atoms with Crippen molar-refractivity contribution in [3.05, 3.63) is 0 Å². The number of ether oxygens (including phenoxy) is 1. The SMILES string of the molecule is COCCC1CCCC1C(=O)CCCCCCC(C)C. The van der Waals surface area contributed by atoms with Crippen LogP contribution in [-0.4, -0.2) is 19.5 Å². The normalized spacial score (nSPS) is 22.6. The summed E-state index contributed by atoms with van der Waals surface area (Å²) in [6.45, 7) is 5.37. The molecule has 2 nitrogen and oxygen atoms in total. The molecule has 1 fully saturated rings. The van der Waals surface area contributed by atoms with E-state index in [1.165, 1.54) is 38.5 Å². The van der Waals surface area contributed by atoms with Gasteiger partial charge >= 0.3 is 0 Å². The van der Waals surface area contributed by atoms with E-state index >= 15 is 0 Å². The van der Waals surface area contributed by atoms with E-state index in [1.807, 2.05) is 0 Å². The molecular formula is C18H34O2. The van der Waals surface area contributed by atoms with Crippen molar-refractivity contribution in [1.82, 2.24) is 0 Å². The summed E-state index contributed by atoms with van der Waals surface area (Å²) in [6.07, 6.45) is 11.8. The topological polar surface area (TPSA) is 26.3 Å². The highest BCUT2D eigenvalue weighted by Gasteiger charge is 2.31. The third-order valence-corrected chi connectivity index (χ3v) is 4.72.